The van der Waals surface area contributed by atoms with Crippen LogP contribution in [-0.2, 0) is 0 Å². The second-order valence-corrected chi connectivity index (χ2v) is 6.65. The molecule has 124 valence electrons. The van der Waals surface area contributed by atoms with Gasteiger partial charge in [0.2, 0.25) is 0 Å². The van der Waals surface area contributed by atoms with Crippen molar-refractivity contribution in [3.05, 3.63) is 63.8 Å². The Morgan fingerprint density at radius 2 is 2.04 bits per heavy atom. The zero-order chi connectivity index (χ0) is 16.7. The first-order valence-electron chi connectivity index (χ1n) is 8.28. The van der Waals surface area contributed by atoms with Crippen molar-refractivity contribution in [2.45, 2.75) is 13.0 Å². The van der Waals surface area contributed by atoms with Gasteiger partial charge in [0.05, 0.1) is 6.04 Å². The molecule has 1 amide bonds. The monoisotopic (exact) mass is 324 g/mol. The van der Waals surface area contributed by atoms with Crippen molar-refractivity contribution >= 4 is 5.91 Å². The minimum Gasteiger partial charge on any atom is -0.330 e. The molecule has 2 N–H and O–H groups in total. The van der Waals surface area contributed by atoms with Crippen LogP contribution in [0, 0.1) is 18.8 Å². The number of hydrogen-bond donors (Lipinski definition) is 2. The number of carbonyl (C=O) groups excluding carboxylic acids is 1. The molecule has 2 aliphatic rings. The van der Waals surface area contributed by atoms with Gasteiger partial charge in [-0.1, -0.05) is 30.3 Å². The third-order valence-electron chi connectivity index (χ3n) is 5.07. The Bertz CT molecular complexity index is 817. The van der Waals surface area contributed by atoms with E-state index in [2.05, 4.69) is 27.4 Å². The maximum atomic E-state index is 13.1. The normalized spacial score (nSPS) is 25.7. The molecule has 0 spiro atoms. The topological polar surface area (TPSA) is 78.1 Å². The van der Waals surface area contributed by atoms with Crippen molar-refractivity contribution in [2.24, 2.45) is 11.8 Å². The van der Waals surface area contributed by atoms with E-state index in [1.54, 1.807) is 13.0 Å². The summed E-state index contributed by atoms with van der Waals surface area (Å²) in [5.41, 5.74) is 1.54. The van der Waals surface area contributed by atoms with Gasteiger partial charge in [0.25, 0.3) is 5.91 Å². The highest BCUT2D eigenvalue weighted by Crippen LogP contribution is 2.43. The van der Waals surface area contributed by atoms with Crippen molar-refractivity contribution in [1.82, 2.24) is 20.2 Å². The van der Waals surface area contributed by atoms with Crippen molar-refractivity contribution in [2.75, 3.05) is 19.6 Å². The third kappa shape index (κ3) is 2.53. The van der Waals surface area contributed by atoms with Crippen LogP contribution in [0.2, 0.25) is 0 Å². The first kappa shape index (κ1) is 15.1. The number of hydrogen-bond acceptors (Lipinski definition) is 4. The average Bonchev–Trinajstić information content (AvgIpc) is 3.14. The van der Waals surface area contributed by atoms with Gasteiger partial charge in [0.1, 0.15) is 5.69 Å². The summed E-state index contributed by atoms with van der Waals surface area (Å²) in [6.07, 6.45) is 0. The Morgan fingerprint density at radius 1 is 1.25 bits per heavy atom. The largest absolute Gasteiger partial charge is 0.345 e. The van der Waals surface area contributed by atoms with Crippen molar-refractivity contribution in [1.29, 1.82) is 0 Å². The third-order valence-corrected chi connectivity index (χ3v) is 5.07. The van der Waals surface area contributed by atoms with Crippen molar-refractivity contribution in [3.8, 4) is 0 Å². The van der Waals surface area contributed by atoms with E-state index in [-0.39, 0.29) is 17.6 Å². The number of likely N-dealkylation sites (tertiary alicyclic amines) is 1. The van der Waals surface area contributed by atoms with Crippen molar-refractivity contribution < 1.29 is 4.79 Å². The molecule has 24 heavy (non-hydrogen) atoms. The van der Waals surface area contributed by atoms with E-state index in [1.807, 2.05) is 23.1 Å². The van der Waals surface area contributed by atoms with Gasteiger partial charge < -0.3 is 15.2 Å². The number of nitrogens with one attached hydrogen (secondary N) is 2. The number of amides is 1. The van der Waals surface area contributed by atoms with E-state index in [0.29, 0.717) is 24.1 Å². The van der Waals surface area contributed by atoms with Gasteiger partial charge in [-0.25, -0.2) is 4.79 Å². The fraction of sp³-hybridized carbons (Fsp3) is 0.389. The number of H-pyrrole nitrogens is 1. The van der Waals surface area contributed by atoms with Crippen LogP contribution < -0.4 is 11.0 Å². The molecule has 0 saturated carbocycles. The predicted octanol–water partition coefficient (Wildman–Crippen LogP) is 1.11. The Kier molecular flexibility index (Phi) is 3.69. The highest BCUT2D eigenvalue weighted by molar-refractivity contribution is 5.93. The van der Waals surface area contributed by atoms with Gasteiger partial charge in [-0.3, -0.25) is 4.79 Å². The Hall–Kier alpha value is -2.47. The van der Waals surface area contributed by atoms with Gasteiger partial charge >= 0.3 is 5.69 Å². The minimum absolute atomic E-state index is 0.0279. The van der Waals surface area contributed by atoms with Crippen molar-refractivity contribution in [3.63, 3.8) is 0 Å². The predicted molar refractivity (Wildman–Crippen MR) is 89.7 cm³/mol. The lowest BCUT2D eigenvalue weighted by Gasteiger charge is -2.28. The minimum atomic E-state index is -0.476. The summed E-state index contributed by atoms with van der Waals surface area (Å²) >= 11 is 0. The zero-order valence-electron chi connectivity index (χ0n) is 13.5. The summed E-state index contributed by atoms with van der Waals surface area (Å²) in [5, 5.41) is 3.43. The standard InChI is InChI=1S/C18H20N4O2/c1-11-7-15(21-18(24)20-11)17(23)22-10-13-8-19-9-14(13)16(22)12-5-3-2-4-6-12/h2-7,13-14,16,19H,8-10H2,1H3,(H,20,21,24)/t13-,14-,16+/m0/s1. The first-order valence-corrected chi connectivity index (χ1v) is 8.28. The molecule has 1 aromatic carbocycles. The average molecular weight is 324 g/mol. The lowest BCUT2D eigenvalue weighted by molar-refractivity contribution is 0.0707. The van der Waals surface area contributed by atoms with E-state index in [1.165, 1.54) is 0 Å². The molecule has 2 aromatic rings. The summed E-state index contributed by atoms with van der Waals surface area (Å²) in [5.74, 6) is 0.689. The highest BCUT2D eigenvalue weighted by Gasteiger charge is 2.47. The molecular weight excluding hydrogens is 304 g/mol. The Labute approximate surface area is 139 Å². The number of aromatic nitrogens is 2. The SMILES string of the molecule is Cc1cc(C(=O)N2C[C@@H]3CNC[C@@H]3[C@H]2c2ccccc2)nc(=O)[nH]1. The van der Waals surface area contributed by atoms with Crippen LogP contribution in [0.25, 0.3) is 0 Å². The van der Waals surface area contributed by atoms with Gasteiger partial charge in [0.15, 0.2) is 0 Å². The number of benzene rings is 1. The van der Waals surface area contributed by atoms with Gasteiger partial charge in [0, 0.05) is 31.2 Å². The van der Waals surface area contributed by atoms with Crippen LogP contribution in [-0.4, -0.2) is 40.4 Å². The molecule has 0 aliphatic carbocycles. The van der Waals surface area contributed by atoms with Gasteiger partial charge in [-0.2, -0.15) is 4.98 Å². The van der Waals surface area contributed by atoms with Crippen LogP contribution >= 0.6 is 0 Å². The van der Waals surface area contributed by atoms with Crippen LogP contribution in [0.4, 0.5) is 0 Å². The van der Waals surface area contributed by atoms with Crippen LogP contribution in [0.15, 0.2) is 41.2 Å². The number of aryl methyl sites for hydroxylation is 1. The van der Waals surface area contributed by atoms with E-state index in [4.69, 9.17) is 0 Å². The number of fused-ring (bicyclic) bond motifs is 1. The fourth-order valence-electron chi connectivity index (χ4n) is 4.04. The van der Waals surface area contributed by atoms with E-state index >= 15 is 0 Å². The maximum Gasteiger partial charge on any atom is 0.345 e. The van der Waals surface area contributed by atoms with Crippen LogP contribution in [0.1, 0.15) is 27.8 Å². The molecule has 4 rings (SSSR count). The summed E-state index contributed by atoms with van der Waals surface area (Å²) < 4.78 is 0. The van der Waals surface area contributed by atoms with Gasteiger partial charge in [-0.15, -0.1) is 0 Å². The molecule has 0 radical (unpaired) electrons. The first-order chi connectivity index (χ1) is 11.6. The zero-order valence-corrected chi connectivity index (χ0v) is 13.5. The summed E-state index contributed by atoms with van der Waals surface area (Å²) in [6.45, 7) is 4.30. The second kappa shape index (κ2) is 5.87. The molecule has 2 saturated heterocycles. The molecule has 6 nitrogen and oxygen atoms in total. The second-order valence-electron chi connectivity index (χ2n) is 6.65. The fourth-order valence-corrected chi connectivity index (χ4v) is 4.04. The number of aromatic amines is 1. The van der Waals surface area contributed by atoms with E-state index in [9.17, 15) is 9.59 Å². The molecule has 2 aliphatic heterocycles. The van der Waals surface area contributed by atoms with E-state index < -0.39 is 5.69 Å². The number of nitrogens with zero attached hydrogens (tertiary/aromatic N) is 2. The summed E-state index contributed by atoms with van der Waals surface area (Å²) in [7, 11) is 0. The molecule has 2 fully saturated rings. The summed E-state index contributed by atoms with van der Waals surface area (Å²) in [4.78, 5) is 33.1. The molecular formula is C18H20N4O2. The van der Waals surface area contributed by atoms with E-state index in [0.717, 1.165) is 18.7 Å². The lowest BCUT2D eigenvalue weighted by atomic mass is 9.89. The Balaban J connectivity index is 1.72. The highest BCUT2D eigenvalue weighted by atomic mass is 16.2. The van der Waals surface area contributed by atoms with Gasteiger partial charge in [-0.05, 0) is 24.5 Å². The molecule has 6 heteroatoms. The number of rotatable bonds is 2. The molecule has 0 unspecified atom stereocenters. The number of carbonyl (C=O) groups is 1. The molecule has 3 atom stereocenters. The van der Waals surface area contributed by atoms with Crippen LogP contribution in [0.3, 0.4) is 0 Å². The molecule has 3 heterocycles. The summed E-state index contributed by atoms with van der Waals surface area (Å²) in [6, 6.07) is 11.8. The molecule has 1 aromatic heterocycles. The quantitative estimate of drug-likeness (QED) is 0.867. The smallest absolute Gasteiger partial charge is 0.330 e. The van der Waals surface area contributed by atoms with Crippen LogP contribution in [0.5, 0.6) is 0 Å². The maximum absolute atomic E-state index is 13.1. The lowest BCUT2D eigenvalue weighted by Crippen LogP contribution is -2.36. The Morgan fingerprint density at radius 3 is 2.79 bits per heavy atom. The molecule has 0 bridgehead atoms.